The van der Waals surface area contributed by atoms with Crippen LogP contribution in [0.1, 0.15) is 46.7 Å². The highest BCUT2D eigenvalue weighted by molar-refractivity contribution is 7.17. The molecule has 1 fully saturated rings. The molecule has 0 bridgehead atoms. The minimum Gasteiger partial charge on any atom is -0.333 e. The first-order valence-electron chi connectivity index (χ1n) is 15.4. The van der Waals surface area contributed by atoms with Gasteiger partial charge < -0.3 is 4.90 Å². The van der Waals surface area contributed by atoms with Crippen LogP contribution in [0.4, 0.5) is 11.4 Å². The van der Waals surface area contributed by atoms with Crippen molar-refractivity contribution in [2.75, 3.05) is 4.90 Å². The van der Waals surface area contributed by atoms with Crippen LogP contribution in [0.2, 0.25) is 0 Å². The molecule has 3 aliphatic rings. The van der Waals surface area contributed by atoms with Crippen LogP contribution in [-0.4, -0.2) is 6.04 Å². The summed E-state index contributed by atoms with van der Waals surface area (Å²) >= 11 is 1.91. The molecule has 4 atom stereocenters. The van der Waals surface area contributed by atoms with Crippen molar-refractivity contribution in [3.8, 4) is 0 Å². The molecule has 0 amide bonds. The molecule has 2 aliphatic heterocycles. The zero-order chi connectivity index (χ0) is 29.0. The molecule has 44 heavy (non-hydrogen) atoms. The van der Waals surface area contributed by atoms with Gasteiger partial charge in [-0.15, -0.1) is 11.3 Å². The molecular weight excluding hydrogens is 557 g/mol. The summed E-state index contributed by atoms with van der Waals surface area (Å²) in [6, 6.07) is 48.4. The molecule has 1 aromatic heterocycles. The Morgan fingerprint density at radius 3 is 1.77 bits per heavy atom. The van der Waals surface area contributed by atoms with E-state index in [1.54, 1.807) is 0 Å². The quantitative estimate of drug-likeness (QED) is 0.208. The van der Waals surface area contributed by atoms with Crippen molar-refractivity contribution in [3.63, 3.8) is 0 Å². The highest BCUT2D eigenvalue weighted by Crippen LogP contribution is 2.47. The summed E-state index contributed by atoms with van der Waals surface area (Å²) < 4.78 is 2.74. The molecule has 6 aromatic rings. The third kappa shape index (κ3) is 4.32. The lowest BCUT2D eigenvalue weighted by Gasteiger charge is -2.39. The first kappa shape index (κ1) is 25.9. The van der Waals surface area contributed by atoms with Crippen LogP contribution in [-0.2, 0) is 0 Å². The maximum Gasteiger partial charge on any atom is 0.0864 e. The standard InChI is InChI=1S/C39H32N4S/c1-3-11-25(12-4-1)37-40-38(26-13-5-2-6-14-26)42-39(41-37)27-19-21-28(22-20-27)43-33-17-9-7-15-29(33)31-23-32-30-16-8-10-18-35(30)44-36(32)24-34(31)43/h1-24,31,34,37-42H. The lowest BCUT2D eigenvalue weighted by molar-refractivity contribution is 0.203. The molecule has 3 N–H and O–H groups in total. The van der Waals surface area contributed by atoms with E-state index in [1.165, 1.54) is 53.5 Å². The molecule has 0 spiro atoms. The van der Waals surface area contributed by atoms with Crippen LogP contribution < -0.4 is 30.6 Å². The number of nitrogens with zero attached hydrogens (tertiary/aromatic N) is 1. The van der Waals surface area contributed by atoms with E-state index < -0.39 is 0 Å². The number of thiophene rings is 1. The Morgan fingerprint density at radius 1 is 0.523 bits per heavy atom. The normalized spacial score (nSPS) is 23.7. The zero-order valence-corrected chi connectivity index (χ0v) is 24.9. The van der Waals surface area contributed by atoms with E-state index in [0.29, 0.717) is 5.92 Å². The van der Waals surface area contributed by atoms with Gasteiger partial charge in [-0.25, -0.2) is 0 Å². The first-order chi connectivity index (χ1) is 21.8. The second kappa shape index (κ2) is 10.6. The van der Waals surface area contributed by atoms with Crippen LogP contribution in [0.5, 0.6) is 0 Å². The fourth-order valence-electron chi connectivity index (χ4n) is 7.23. The zero-order valence-electron chi connectivity index (χ0n) is 24.1. The fourth-order valence-corrected chi connectivity index (χ4v) is 8.39. The predicted octanol–water partition coefficient (Wildman–Crippen LogP) is 6.96. The van der Waals surface area contributed by atoms with Crippen molar-refractivity contribution in [2.24, 2.45) is 0 Å². The van der Waals surface area contributed by atoms with E-state index >= 15 is 0 Å². The van der Waals surface area contributed by atoms with Crippen molar-refractivity contribution in [2.45, 2.75) is 30.5 Å². The molecule has 0 radical (unpaired) electrons. The lowest BCUT2D eigenvalue weighted by Crippen LogP contribution is -2.54. The number of para-hydroxylation sites is 1. The van der Waals surface area contributed by atoms with Crippen LogP contribution in [0.15, 0.2) is 133 Å². The number of rotatable bonds is 4. The van der Waals surface area contributed by atoms with Crippen LogP contribution in [0, 0.1) is 0 Å². The summed E-state index contributed by atoms with van der Waals surface area (Å²) in [6.07, 6.45) is 5.03. The Morgan fingerprint density at radius 2 is 1.09 bits per heavy atom. The highest BCUT2D eigenvalue weighted by atomic mass is 32.1. The number of benzene rings is 5. The number of anilines is 2. The van der Waals surface area contributed by atoms with Crippen molar-refractivity contribution >= 4 is 44.9 Å². The van der Waals surface area contributed by atoms with Gasteiger partial charge in [-0.3, -0.25) is 16.0 Å². The van der Waals surface area contributed by atoms with Gasteiger partial charge in [0.2, 0.25) is 0 Å². The van der Waals surface area contributed by atoms with E-state index in [4.69, 9.17) is 0 Å². The summed E-state index contributed by atoms with van der Waals surface area (Å²) in [5.74, 6) is 0.322. The first-order valence-corrected chi connectivity index (χ1v) is 16.2. The Kier molecular flexibility index (Phi) is 6.24. The minimum absolute atomic E-state index is 0.0152. The molecule has 4 nitrogen and oxygen atoms in total. The van der Waals surface area contributed by atoms with Gasteiger partial charge in [0.05, 0.1) is 24.5 Å². The Hall–Kier alpha value is -4.52. The average molecular weight is 589 g/mol. The molecule has 3 heterocycles. The molecule has 4 unspecified atom stereocenters. The Bertz CT molecular complexity index is 2040. The molecule has 9 rings (SSSR count). The van der Waals surface area contributed by atoms with Crippen molar-refractivity contribution < 1.29 is 0 Å². The molecular formula is C39H32N4S. The van der Waals surface area contributed by atoms with Gasteiger partial charge >= 0.3 is 0 Å². The van der Waals surface area contributed by atoms with E-state index in [1.807, 2.05) is 11.3 Å². The maximum absolute atomic E-state index is 3.81. The maximum atomic E-state index is 3.81. The number of hydrogen-bond acceptors (Lipinski definition) is 5. The minimum atomic E-state index is -0.0185. The van der Waals surface area contributed by atoms with E-state index in [9.17, 15) is 0 Å². The van der Waals surface area contributed by atoms with E-state index in [-0.39, 0.29) is 24.5 Å². The number of hydrogen-bond donors (Lipinski definition) is 3. The summed E-state index contributed by atoms with van der Waals surface area (Å²) in [5, 5.41) is 14.2. The highest BCUT2D eigenvalue weighted by Gasteiger charge is 2.38. The van der Waals surface area contributed by atoms with Crippen LogP contribution in [0.3, 0.4) is 0 Å². The Balaban J connectivity index is 1.07. The molecule has 5 aromatic carbocycles. The van der Waals surface area contributed by atoms with Gasteiger partial charge in [0.15, 0.2) is 0 Å². The number of fused-ring (bicyclic) bond motifs is 6. The molecule has 0 saturated carbocycles. The summed E-state index contributed by atoms with van der Waals surface area (Å²) in [6.45, 7) is 0. The second-order valence-corrected chi connectivity index (χ2v) is 13.0. The molecule has 5 heteroatoms. The van der Waals surface area contributed by atoms with E-state index in [2.05, 4.69) is 166 Å². The molecule has 1 aliphatic carbocycles. The fraction of sp³-hybridized carbons (Fsp3) is 0.128. The SMILES string of the molecule is C1=c2sc3ccccc3c2=CC2c3ccccc3N(c3ccc(C4NC(c5ccccc5)NC(c5ccccc5)N4)cc3)C12. The number of nitrogens with one attached hydrogen (secondary N) is 3. The van der Waals surface area contributed by atoms with Gasteiger partial charge in [-0.05, 0) is 63.2 Å². The lowest BCUT2D eigenvalue weighted by atomic mass is 9.90. The summed E-state index contributed by atoms with van der Waals surface area (Å²) in [4.78, 5) is 2.54. The third-order valence-corrected chi connectivity index (χ3v) is 10.5. The van der Waals surface area contributed by atoms with Gasteiger partial charge in [0, 0.05) is 26.5 Å². The van der Waals surface area contributed by atoms with E-state index in [0.717, 1.165) is 0 Å². The smallest absolute Gasteiger partial charge is 0.0864 e. The van der Waals surface area contributed by atoms with Crippen LogP contribution >= 0.6 is 11.3 Å². The second-order valence-electron chi connectivity index (χ2n) is 11.9. The van der Waals surface area contributed by atoms with Crippen molar-refractivity contribution in [1.29, 1.82) is 0 Å². The van der Waals surface area contributed by atoms with Crippen molar-refractivity contribution in [1.82, 2.24) is 16.0 Å². The topological polar surface area (TPSA) is 39.3 Å². The monoisotopic (exact) mass is 588 g/mol. The van der Waals surface area contributed by atoms with Gasteiger partial charge in [0.25, 0.3) is 0 Å². The van der Waals surface area contributed by atoms with Gasteiger partial charge in [-0.1, -0.05) is 115 Å². The molecule has 1 saturated heterocycles. The largest absolute Gasteiger partial charge is 0.333 e. The predicted molar refractivity (Wildman–Crippen MR) is 182 cm³/mol. The Labute approximate surface area is 261 Å². The van der Waals surface area contributed by atoms with Crippen LogP contribution in [0.25, 0.3) is 22.2 Å². The van der Waals surface area contributed by atoms with Gasteiger partial charge in [0.1, 0.15) is 0 Å². The van der Waals surface area contributed by atoms with Gasteiger partial charge in [-0.2, -0.15) is 0 Å². The third-order valence-electron chi connectivity index (χ3n) is 9.32. The summed E-state index contributed by atoms with van der Waals surface area (Å²) in [7, 11) is 0. The molecule has 214 valence electrons. The average Bonchev–Trinajstić information content (AvgIpc) is 3.62. The van der Waals surface area contributed by atoms with Crippen molar-refractivity contribution in [3.05, 3.63) is 165 Å². The summed E-state index contributed by atoms with van der Waals surface area (Å²) in [5.41, 5.74) is 7.58.